The maximum Gasteiger partial charge on any atom is 0.472 e. The number of phosphoric acid groups is 1. The summed E-state index contributed by atoms with van der Waals surface area (Å²) in [4.78, 5) is 45.6. The van der Waals surface area contributed by atoms with Gasteiger partial charge in [-0.05, 0) is 38.5 Å². The van der Waals surface area contributed by atoms with E-state index in [1.54, 1.807) is 0 Å². The van der Waals surface area contributed by atoms with Crippen molar-refractivity contribution in [1.82, 2.24) is 5.32 Å². The zero-order chi connectivity index (χ0) is 35.7. The zero-order valence-electron chi connectivity index (χ0n) is 30.0. The van der Waals surface area contributed by atoms with Gasteiger partial charge in [-0.15, -0.1) is 0 Å². The lowest BCUT2D eigenvalue weighted by molar-refractivity contribution is -0.147. The molecule has 0 aliphatic rings. The van der Waals surface area contributed by atoms with Crippen molar-refractivity contribution in [3.63, 3.8) is 0 Å². The molecule has 0 heterocycles. The Balaban J connectivity index is 3.98. The molecule has 0 spiro atoms. The molecule has 48 heavy (non-hydrogen) atoms. The van der Waals surface area contributed by atoms with Crippen LogP contribution in [0.4, 0.5) is 0 Å². The maximum atomic E-state index is 12.2. The smallest absolute Gasteiger partial charge is 0.472 e. The SMILES string of the molecule is CCCCC/C=C\CCCCCCCC(=O)NC(COP(=O)(O)OCC(O)COC(=O)CCCCCCCCCCCCCC)C(=O)O. The number of rotatable bonds is 35. The molecule has 0 aliphatic heterocycles. The Morgan fingerprint density at radius 2 is 1.08 bits per heavy atom. The number of hydrogen-bond acceptors (Lipinski definition) is 8. The highest BCUT2D eigenvalue weighted by atomic mass is 31.2. The molecule has 4 N–H and O–H groups in total. The third kappa shape index (κ3) is 31.5. The van der Waals surface area contributed by atoms with Crippen molar-refractivity contribution in [3.8, 4) is 0 Å². The minimum Gasteiger partial charge on any atom is -0.480 e. The van der Waals surface area contributed by atoms with E-state index in [1.807, 2.05) is 0 Å². The van der Waals surface area contributed by atoms with E-state index in [4.69, 9.17) is 13.8 Å². The van der Waals surface area contributed by atoms with Crippen LogP contribution < -0.4 is 5.32 Å². The summed E-state index contributed by atoms with van der Waals surface area (Å²) in [6.07, 6.45) is 28.2. The Morgan fingerprint density at radius 3 is 1.62 bits per heavy atom. The number of ether oxygens (including phenoxy) is 1. The van der Waals surface area contributed by atoms with E-state index in [0.29, 0.717) is 12.8 Å². The summed E-state index contributed by atoms with van der Waals surface area (Å²) in [5, 5.41) is 21.7. The number of esters is 1. The van der Waals surface area contributed by atoms with E-state index in [9.17, 15) is 34.1 Å². The van der Waals surface area contributed by atoms with Crippen LogP contribution in [0.2, 0.25) is 0 Å². The van der Waals surface area contributed by atoms with Gasteiger partial charge in [0.05, 0.1) is 13.2 Å². The molecule has 0 fully saturated rings. The minimum atomic E-state index is -4.74. The highest BCUT2D eigenvalue weighted by Gasteiger charge is 2.28. The van der Waals surface area contributed by atoms with E-state index in [-0.39, 0.29) is 12.8 Å². The van der Waals surface area contributed by atoms with Crippen molar-refractivity contribution in [1.29, 1.82) is 0 Å². The topological polar surface area (TPSA) is 169 Å². The van der Waals surface area contributed by atoms with E-state index in [2.05, 4.69) is 31.3 Å². The Hall–Kier alpha value is -1.78. The van der Waals surface area contributed by atoms with Crippen LogP contribution in [-0.4, -0.2) is 64.9 Å². The van der Waals surface area contributed by atoms with Crippen molar-refractivity contribution >= 4 is 25.7 Å². The van der Waals surface area contributed by atoms with Crippen molar-refractivity contribution in [2.45, 2.75) is 180 Å². The number of carboxylic acid groups (broad SMARTS) is 1. The number of nitrogens with one attached hydrogen (secondary N) is 1. The first kappa shape index (κ1) is 46.2. The lowest BCUT2D eigenvalue weighted by atomic mass is 10.0. The molecule has 1 amide bonds. The first-order chi connectivity index (χ1) is 23.1. The fourth-order valence-electron chi connectivity index (χ4n) is 5.07. The molecule has 0 aliphatic carbocycles. The molecule has 0 bridgehead atoms. The summed E-state index contributed by atoms with van der Waals surface area (Å²) in [5.74, 6) is -2.38. The Kier molecular flexibility index (Phi) is 31.2. The van der Waals surface area contributed by atoms with Gasteiger partial charge in [-0.3, -0.25) is 18.6 Å². The predicted octanol–water partition coefficient (Wildman–Crippen LogP) is 8.55. The second-order valence-corrected chi connectivity index (χ2v) is 14.2. The molecule has 12 heteroatoms. The average Bonchev–Trinajstić information content (AvgIpc) is 3.05. The van der Waals surface area contributed by atoms with Crippen LogP contribution in [-0.2, 0) is 32.7 Å². The van der Waals surface area contributed by atoms with E-state index in [1.165, 1.54) is 70.6 Å². The number of amides is 1. The van der Waals surface area contributed by atoms with Crippen LogP contribution in [0, 0.1) is 0 Å². The van der Waals surface area contributed by atoms with Crippen LogP contribution in [0.15, 0.2) is 12.2 Å². The van der Waals surface area contributed by atoms with Gasteiger partial charge >= 0.3 is 19.8 Å². The molecular formula is C36H68NO10P. The zero-order valence-corrected chi connectivity index (χ0v) is 30.9. The number of carbonyl (C=O) groups is 3. The summed E-state index contributed by atoms with van der Waals surface area (Å²) in [6, 6.07) is -1.54. The van der Waals surface area contributed by atoms with Gasteiger partial charge in [-0.1, -0.05) is 129 Å². The number of allylic oxidation sites excluding steroid dienone is 2. The summed E-state index contributed by atoms with van der Waals surface area (Å²) in [7, 11) is -4.74. The molecule has 3 unspecified atom stereocenters. The van der Waals surface area contributed by atoms with Crippen molar-refractivity contribution in [2.75, 3.05) is 19.8 Å². The van der Waals surface area contributed by atoms with Gasteiger partial charge < -0.3 is 25.2 Å². The second kappa shape index (κ2) is 32.4. The van der Waals surface area contributed by atoms with Crippen LogP contribution in [0.5, 0.6) is 0 Å². The first-order valence-corrected chi connectivity index (χ1v) is 20.2. The van der Waals surface area contributed by atoms with Gasteiger partial charge in [0.2, 0.25) is 5.91 Å². The maximum absolute atomic E-state index is 12.2. The lowest BCUT2D eigenvalue weighted by Crippen LogP contribution is -2.43. The van der Waals surface area contributed by atoms with Gasteiger partial charge in [-0.2, -0.15) is 0 Å². The van der Waals surface area contributed by atoms with Crippen LogP contribution in [0.3, 0.4) is 0 Å². The van der Waals surface area contributed by atoms with Crippen LogP contribution in [0.25, 0.3) is 0 Å². The molecule has 0 aromatic rings. The molecule has 3 atom stereocenters. The highest BCUT2D eigenvalue weighted by Crippen LogP contribution is 2.43. The fraction of sp³-hybridized carbons (Fsp3) is 0.861. The molecular weight excluding hydrogens is 637 g/mol. The number of unbranched alkanes of at least 4 members (excludes halogenated alkanes) is 19. The Bertz CT molecular complexity index is 885. The third-order valence-corrected chi connectivity index (χ3v) is 9.01. The van der Waals surface area contributed by atoms with Crippen molar-refractivity contribution in [2.24, 2.45) is 0 Å². The highest BCUT2D eigenvalue weighted by molar-refractivity contribution is 7.47. The van der Waals surface area contributed by atoms with Gasteiger partial charge in [0.15, 0.2) is 6.04 Å². The second-order valence-electron chi connectivity index (χ2n) is 12.8. The summed E-state index contributed by atoms with van der Waals surface area (Å²) in [6.45, 7) is 2.53. The Labute approximate surface area is 290 Å². The van der Waals surface area contributed by atoms with E-state index in [0.717, 1.165) is 57.8 Å². The third-order valence-electron chi connectivity index (χ3n) is 8.05. The summed E-state index contributed by atoms with van der Waals surface area (Å²) >= 11 is 0. The number of carboxylic acids is 1. The number of aliphatic hydroxyl groups excluding tert-OH is 1. The number of aliphatic carboxylic acids is 1. The molecule has 0 radical (unpaired) electrons. The number of hydrogen-bond donors (Lipinski definition) is 4. The van der Waals surface area contributed by atoms with Crippen molar-refractivity contribution < 1.29 is 47.8 Å². The Morgan fingerprint density at radius 1 is 0.646 bits per heavy atom. The molecule has 0 aromatic heterocycles. The average molecular weight is 706 g/mol. The van der Waals surface area contributed by atoms with Crippen molar-refractivity contribution in [3.05, 3.63) is 12.2 Å². The van der Waals surface area contributed by atoms with Crippen LogP contribution >= 0.6 is 7.82 Å². The molecule has 282 valence electrons. The van der Waals surface area contributed by atoms with Gasteiger partial charge in [0, 0.05) is 12.8 Å². The quantitative estimate of drug-likeness (QED) is 0.0217. The molecule has 0 aromatic carbocycles. The molecule has 0 rings (SSSR count). The predicted molar refractivity (Wildman–Crippen MR) is 190 cm³/mol. The summed E-state index contributed by atoms with van der Waals surface area (Å²) in [5.41, 5.74) is 0. The van der Waals surface area contributed by atoms with Crippen LogP contribution in [0.1, 0.15) is 168 Å². The number of aliphatic hydroxyl groups is 1. The van der Waals surface area contributed by atoms with Gasteiger partial charge in [-0.25, -0.2) is 9.36 Å². The first-order valence-electron chi connectivity index (χ1n) is 18.7. The number of phosphoric ester groups is 1. The lowest BCUT2D eigenvalue weighted by Gasteiger charge is -2.18. The monoisotopic (exact) mass is 705 g/mol. The molecule has 0 saturated carbocycles. The largest absolute Gasteiger partial charge is 0.480 e. The summed E-state index contributed by atoms with van der Waals surface area (Å²) < 4.78 is 26.7. The van der Waals surface area contributed by atoms with E-state index < -0.39 is 57.6 Å². The standard InChI is InChI=1S/C36H68NO10P/c1-3-5-7-9-11-13-15-17-19-21-23-25-27-34(39)37-33(36(41)42)31-47-48(43,44)46-30-32(38)29-45-35(40)28-26-24-22-20-18-16-14-12-10-8-6-4-2/h11,13,32-33,38H,3-10,12,14-31H2,1-2H3,(H,37,39)(H,41,42)(H,43,44)/b13-11-. The van der Waals surface area contributed by atoms with Gasteiger partial charge in [0.25, 0.3) is 0 Å². The normalized spacial score (nSPS) is 14.1. The fourth-order valence-corrected chi connectivity index (χ4v) is 5.85. The number of carbonyl (C=O) groups excluding carboxylic acids is 2. The molecule has 11 nitrogen and oxygen atoms in total. The minimum absolute atomic E-state index is 0.138. The van der Waals surface area contributed by atoms with E-state index >= 15 is 0 Å². The van der Waals surface area contributed by atoms with Gasteiger partial charge in [0.1, 0.15) is 12.7 Å². The molecule has 0 saturated heterocycles.